The third-order valence-corrected chi connectivity index (χ3v) is 2.95. The largest absolute Gasteiger partial charge is 0.480 e. The van der Waals surface area contributed by atoms with Gasteiger partial charge in [0.15, 0.2) is 0 Å². The molecule has 0 rings (SSSR count). The number of hydroxylamine groups is 2. The first kappa shape index (κ1) is 23.7. The van der Waals surface area contributed by atoms with Crippen LogP contribution >= 0.6 is 0 Å². The zero-order chi connectivity index (χ0) is 19.9. The Kier molecular flexibility index (Phi) is 12.7. The van der Waals surface area contributed by atoms with E-state index in [0.29, 0.717) is 37.3 Å². The number of nitrogens with zero attached hydrogens (tertiary/aromatic N) is 2. The molecule has 0 spiro atoms. The molecule has 0 bridgehead atoms. The first-order chi connectivity index (χ1) is 12.2. The molecule has 0 amide bonds. The fourth-order valence-electron chi connectivity index (χ4n) is 1.97. The van der Waals surface area contributed by atoms with Crippen molar-refractivity contribution in [2.45, 2.75) is 25.7 Å². The van der Waals surface area contributed by atoms with Crippen molar-refractivity contribution in [1.82, 2.24) is 9.96 Å². The monoisotopic (exact) mass is 380 g/mol. The number of rotatable bonds is 17. The van der Waals surface area contributed by atoms with E-state index in [2.05, 4.69) is 4.99 Å². The van der Waals surface area contributed by atoms with Crippen LogP contribution in [0, 0.1) is 0 Å². The molecule has 0 aliphatic heterocycles. The molecule has 12 nitrogen and oxygen atoms in total. The van der Waals surface area contributed by atoms with Crippen molar-refractivity contribution in [1.29, 1.82) is 0 Å². The highest BCUT2D eigenvalue weighted by Crippen LogP contribution is 2.03. The second-order valence-electron chi connectivity index (χ2n) is 5.39. The summed E-state index contributed by atoms with van der Waals surface area (Å²) < 4.78 is 0. The molecule has 0 aliphatic rings. The van der Waals surface area contributed by atoms with E-state index in [1.807, 2.05) is 0 Å². The maximum Gasteiger partial charge on any atom is 0.320 e. The van der Waals surface area contributed by atoms with Crippen LogP contribution in [0.1, 0.15) is 25.7 Å². The topological polar surface area (TPSA) is 174 Å². The Labute approximate surface area is 149 Å². The van der Waals surface area contributed by atoms with Gasteiger partial charge in [-0.15, -0.1) is 10.1 Å². The summed E-state index contributed by atoms with van der Waals surface area (Å²) in [4.78, 5) is 53.1. The molecule has 0 saturated carbocycles. The quantitative estimate of drug-likeness (QED) is 0.143. The summed E-state index contributed by atoms with van der Waals surface area (Å²) in [7, 11) is 0. The molecule has 0 atom stereocenters. The van der Waals surface area contributed by atoms with Gasteiger partial charge in [-0.3, -0.25) is 24.1 Å². The van der Waals surface area contributed by atoms with Gasteiger partial charge in [0.2, 0.25) is 0 Å². The minimum Gasteiger partial charge on any atom is -0.480 e. The molecule has 0 aliphatic carbocycles. The molecule has 0 aromatic rings. The standard InChI is InChI=1S/C14H24N2O10/c17-11(18)7-15(8-12(19)20)5-3-1-2-4-6-25-26-16(9-13(21)22)10-14(23)24/h1-10H2,(H,17,18)(H,19,20)(H,21,22)(H,23,24). The lowest BCUT2D eigenvalue weighted by atomic mass is 10.2. The van der Waals surface area contributed by atoms with Crippen molar-refractivity contribution in [3.05, 3.63) is 0 Å². The molecule has 0 aromatic carbocycles. The predicted molar refractivity (Wildman–Crippen MR) is 84.1 cm³/mol. The third-order valence-electron chi connectivity index (χ3n) is 2.95. The van der Waals surface area contributed by atoms with Crippen LogP contribution < -0.4 is 0 Å². The maximum absolute atomic E-state index is 10.6. The van der Waals surface area contributed by atoms with Gasteiger partial charge in [0, 0.05) is 0 Å². The number of unbranched alkanes of at least 4 members (excludes halogenated alkanes) is 3. The molecular formula is C14H24N2O10. The highest BCUT2D eigenvalue weighted by atomic mass is 17.3. The average Bonchev–Trinajstić information content (AvgIpc) is 2.47. The zero-order valence-corrected chi connectivity index (χ0v) is 14.2. The maximum atomic E-state index is 10.6. The third kappa shape index (κ3) is 15.3. The van der Waals surface area contributed by atoms with Gasteiger partial charge in [-0.1, -0.05) is 12.8 Å². The number of aliphatic carboxylic acids is 4. The van der Waals surface area contributed by atoms with Crippen molar-refractivity contribution < 1.29 is 49.5 Å². The second-order valence-corrected chi connectivity index (χ2v) is 5.39. The van der Waals surface area contributed by atoms with Crippen molar-refractivity contribution in [2.24, 2.45) is 0 Å². The Morgan fingerprint density at radius 2 is 1.12 bits per heavy atom. The molecule has 150 valence electrons. The molecule has 0 aromatic heterocycles. The number of hydrogen-bond acceptors (Lipinski definition) is 8. The van der Waals surface area contributed by atoms with Crippen LogP contribution in [0.2, 0.25) is 0 Å². The first-order valence-corrected chi connectivity index (χ1v) is 7.84. The minimum atomic E-state index is -1.26. The summed E-state index contributed by atoms with van der Waals surface area (Å²) in [6.07, 6.45) is 2.54. The van der Waals surface area contributed by atoms with Crippen LogP contribution in [0.3, 0.4) is 0 Å². The summed E-state index contributed by atoms with van der Waals surface area (Å²) in [5.74, 6) is -4.71. The molecule has 0 radical (unpaired) electrons. The van der Waals surface area contributed by atoms with Gasteiger partial charge in [-0.2, -0.15) is 0 Å². The van der Waals surface area contributed by atoms with Gasteiger partial charge in [0.1, 0.15) is 13.1 Å². The predicted octanol–water partition coefficient (Wildman–Crippen LogP) is -0.648. The van der Waals surface area contributed by atoms with Crippen LogP contribution in [0.5, 0.6) is 0 Å². The normalized spacial score (nSPS) is 11.0. The van der Waals surface area contributed by atoms with Crippen LogP contribution in [0.25, 0.3) is 0 Å². The lowest BCUT2D eigenvalue weighted by molar-refractivity contribution is -0.422. The van der Waals surface area contributed by atoms with Gasteiger partial charge in [0.05, 0.1) is 19.7 Å². The van der Waals surface area contributed by atoms with E-state index in [-0.39, 0.29) is 19.7 Å². The molecule has 0 fully saturated rings. The number of carboxylic acid groups (broad SMARTS) is 4. The molecule has 0 unspecified atom stereocenters. The summed E-state index contributed by atoms with van der Waals surface area (Å²) >= 11 is 0. The smallest absolute Gasteiger partial charge is 0.320 e. The Morgan fingerprint density at radius 3 is 1.58 bits per heavy atom. The van der Waals surface area contributed by atoms with Crippen molar-refractivity contribution in [2.75, 3.05) is 39.3 Å². The molecule has 12 heteroatoms. The summed E-state index contributed by atoms with van der Waals surface area (Å²) in [5.41, 5.74) is 0. The molecule has 0 saturated heterocycles. The molecule has 26 heavy (non-hydrogen) atoms. The van der Waals surface area contributed by atoms with Crippen LogP contribution in [-0.2, 0) is 29.1 Å². The van der Waals surface area contributed by atoms with E-state index in [9.17, 15) is 19.2 Å². The Balaban J connectivity index is 3.83. The lowest BCUT2D eigenvalue weighted by Crippen LogP contribution is -2.35. The van der Waals surface area contributed by atoms with Crippen molar-refractivity contribution >= 4 is 23.9 Å². The average molecular weight is 380 g/mol. The van der Waals surface area contributed by atoms with Gasteiger partial charge < -0.3 is 20.4 Å². The van der Waals surface area contributed by atoms with E-state index in [0.717, 1.165) is 0 Å². The van der Waals surface area contributed by atoms with E-state index in [1.165, 1.54) is 4.90 Å². The summed E-state index contributed by atoms with van der Waals surface area (Å²) in [5, 5.41) is 35.3. The lowest BCUT2D eigenvalue weighted by Gasteiger charge is -2.17. The molecule has 0 heterocycles. The van der Waals surface area contributed by atoms with Crippen LogP contribution in [-0.4, -0.2) is 93.6 Å². The van der Waals surface area contributed by atoms with Gasteiger partial charge >= 0.3 is 23.9 Å². The molecular weight excluding hydrogens is 356 g/mol. The minimum absolute atomic E-state index is 0.115. The van der Waals surface area contributed by atoms with E-state index in [1.54, 1.807) is 0 Å². The van der Waals surface area contributed by atoms with Crippen LogP contribution in [0.15, 0.2) is 0 Å². The Bertz CT molecular complexity index is 397. The fraction of sp³-hybridized carbons (Fsp3) is 0.714. The SMILES string of the molecule is O=C(O)CN(CCCCCCOON(CC(=O)O)CC(=O)O)CC(=O)O. The number of hydrogen-bond donors (Lipinski definition) is 4. The van der Waals surface area contributed by atoms with Gasteiger partial charge in [-0.25, -0.2) is 4.89 Å². The van der Waals surface area contributed by atoms with Crippen LogP contribution in [0.4, 0.5) is 0 Å². The zero-order valence-electron chi connectivity index (χ0n) is 14.2. The van der Waals surface area contributed by atoms with Gasteiger partial charge in [0.25, 0.3) is 0 Å². The first-order valence-electron chi connectivity index (χ1n) is 7.84. The molecule has 4 N–H and O–H groups in total. The number of carbonyl (C=O) groups is 4. The summed E-state index contributed by atoms with van der Waals surface area (Å²) in [6, 6.07) is 0. The van der Waals surface area contributed by atoms with Crippen molar-refractivity contribution in [3.63, 3.8) is 0 Å². The Morgan fingerprint density at radius 1 is 0.654 bits per heavy atom. The summed E-state index contributed by atoms with van der Waals surface area (Å²) in [6.45, 7) is -1.52. The fourth-order valence-corrected chi connectivity index (χ4v) is 1.97. The second kappa shape index (κ2) is 13.9. The highest BCUT2D eigenvalue weighted by molar-refractivity contribution is 5.72. The number of carboxylic acids is 4. The van der Waals surface area contributed by atoms with Gasteiger partial charge in [-0.05, 0) is 19.4 Å². The van der Waals surface area contributed by atoms with E-state index < -0.39 is 37.0 Å². The van der Waals surface area contributed by atoms with Crippen molar-refractivity contribution in [3.8, 4) is 0 Å². The Hall–Kier alpha value is -2.28. The van der Waals surface area contributed by atoms with E-state index in [4.69, 9.17) is 25.3 Å². The van der Waals surface area contributed by atoms with E-state index >= 15 is 0 Å². The highest BCUT2D eigenvalue weighted by Gasteiger charge is 2.15.